The van der Waals surface area contributed by atoms with Gasteiger partial charge in [0.05, 0.1) is 6.04 Å². The van der Waals surface area contributed by atoms with Crippen LogP contribution in [-0.4, -0.2) is 30.5 Å². The summed E-state index contributed by atoms with van der Waals surface area (Å²) in [6, 6.07) is 7.71. The first-order valence-electron chi connectivity index (χ1n) is 5.90. The minimum Gasteiger partial charge on any atom is -0.354 e. The molecule has 1 aromatic rings. The minimum absolute atomic E-state index is 0.0545. The fourth-order valence-corrected chi connectivity index (χ4v) is 2.24. The van der Waals surface area contributed by atoms with Gasteiger partial charge in [-0.25, -0.2) is 0 Å². The van der Waals surface area contributed by atoms with Crippen LogP contribution in [0, 0.1) is 0 Å². The number of amides is 1. The number of carbonyl (C=O) groups is 1. The van der Waals surface area contributed by atoms with E-state index in [2.05, 4.69) is 21.2 Å². The van der Waals surface area contributed by atoms with Crippen LogP contribution in [0.2, 0.25) is 0 Å². The predicted octanol–water partition coefficient (Wildman–Crippen LogP) is 2.19. The molecule has 5 heteroatoms. The number of thioether (sulfide) groups is 1. The summed E-state index contributed by atoms with van der Waals surface area (Å²) in [4.78, 5) is 11.6. The Morgan fingerprint density at radius 1 is 1.44 bits per heavy atom. The van der Waals surface area contributed by atoms with E-state index in [-0.39, 0.29) is 11.9 Å². The third-order valence-corrected chi connectivity index (χ3v) is 3.77. The molecule has 0 spiro atoms. The molecule has 1 rings (SSSR count). The van der Waals surface area contributed by atoms with Crippen LogP contribution in [0.4, 0.5) is 0 Å². The number of carbonyl (C=O) groups excluding carboxylic acids is 1. The number of halogens is 1. The van der Waals surface area contributed by atoms with E-state index in [9.17, 15) is 4.79 Å². The van der Waals surface area contributed by atoms with Gasteiger partial charge in [-0.05, 0) is 42.5 Å². The van der Waals surface area contributed by atoms with Gasteiger partial charge in [0.15, 0.2) is 0 Å². The summed E-state index contributed by atoms with van der Waals surface area (Å²) < 4.78 is 1.06. The Hall–Kier alpha value is -0.520. The van der Waals surface area contributed by atoms with Crippen LogP contribution in [0.3, 0.4) is 0 Å². The lowest BCUT2D eigenvalue weighted by Gasteiger charge is -2.11. The lowest BCUT2D eigenvalue weighted by atomic mass is 10.1. The van der Waals surface area contributed by atoms with E-state index < -0.39 is 0 Å². The number of hydrogen-bond donors (Lipinski definition) is 2. The summed E-state index contributed by atoms with van der Waals surface area (Å²) >= 11 is 5.10. The van der Waals surface area contributed by atoms with Crippen molar-refractivity contribution >= 4 is 33.6 Å². The van der Waals surface area contributed by atoms with E-state index in [1.54, 1.807) is 11.8 Å². The van der Waals surface area contributed by atoms with Crippen LogP contribution in [-0.2, 0) is 11.2 Å². The Balaban J connectivity index is 2.24. The van der Waals surface area contributed by atoms with Gasteiger partial charge in [-0.15, -0.1) is 0 Å². The summed E-state index contributed by atoms with van der Waals surface area (Å²) in [5, 5.41) is 2.87. The van der Waals surface area contributed by atoms with Gasteiger partial charge in [0.1, 0.15) is 0 Å². The standard InChI is InChI=1S/C13H19BrN2OS/c1-18-9-7-12(15)13(17)16-8-6-10-2-4-11(14)5-3-10/h2-5,12H,6-9,15H2,1H3,(H,16,17)/t12-/m0/s1. The first kappa shape index (κ1) is 15.5. The van der Waals surface area contributed by atoms with Gasteiger partial charge in [0.2, 0.25) is 5.91 Å². The zero-order valence-electron chi connectivity index (χ0n) is 10.5. The molecule has 0 heterocycles. The topological polar surface area (TPSA) is 55.1 Å². The summed E-state index contributed by atoms with van der Waals surface area (Å²) in [7, 11) is 0. The summed E-state index contributed by atoms with van der Waals surface area (Å²) in [6.45, 7) is 0.632. The molecule has 0 saturated carbocycles. The quantitative estimate of drug-likeness (QED) is 0.805. The first-order valence-corrected chi connectivity index (χ1v) is 8.09. The van der Waals surface area contributed by atoms with Crippen molar-refractivity contribution in [3.63, 3.8) is 0 Å². The fourth-order valence-electron chi connectivity index (χ4n) is 1.49. The smallest absolute Gasteiger partial charge is 0.236 e. The van der Waals surface area contributed by atoms with Gasteiger partial charge in [0, 0.05) is 11.0 Å². The van der Waals surface area contributed by atoms with Crippen LogP contribution >= 0.6 is 27.7 Å². The molecule has 0 radical (unpaired) electrons. The summed E-state index contributed by atoms with van der Waals surface area (Å²) in [6.07, 6.45) is 3.57. The molecule has 100 valence electrons. The van der Waals surface area contributed by atoms with Gasteiger partial charge in [-0.3, -0.25) is 4.79 Å². The van der Waals surface area contributed by atoms with Crippen LogP contribution in [0.1, 0.15) is 12.0 Å². The van der Waals surface area contributed by atoms with E-state index in [0.29, 0.717) is 6.54 Å². The lowest BCUT2D eigenvalue weighted by molar-refractivity contribution is -0.122. The van der Waals surface area contributed by atoms with Crippen molar-refractivity contribution in [3.8, 4) is 0 Å². The average Bonchev–Trinajstić information content (AvgIpc) is 2.38. The van der Waals surface area contributed by atoms with E-state index in [1.807, 2.05) is 30.5 Å². The van der Waals surface area contributed by atoms with Crippen molar-refractivity contribution in [1.29, 1.82) is 0 Å². The SMILES string of the molecule is CSCC[C@H](N)C(=O)NCCc1ccc(Br)cc1. The van der Waals surface area contributed by atoms with Gasteiger partial charge in [-0.2, -0.15) is 11.8 Å². The minimum atomic E-state index is -0.387. The highest BCUT2D eigenvalue weighted by Crippen LogP contribution is 2.10. The number of rotatable bonds is 7. The second-order valence-electron chi connectivity index (χ2n) is 4.06. The van der Waals surface area contributed by atoms with E-state index in [0.717, 1.165) is 23.1 Å². The fraction of sp³-hybridized carbons (Fsp3) is 0.462. The molecule has 1 aromatic carbocycles. The van der Waals surface area contributed by atoms with Crippen LogP contribution in [0.15, 0.2) is 28.7 Å². The Morgan fingerprint density at radius 2 is 2.11 bits per heavy atom. The second kappa shape index (κ2) is 8.56. The molecule has 1 atom stereocenters. The molecule has 18 heavy (non-hydrogen) atoms. The number of benzene rings is 1. The van der Waals surface area contributed by atoms with Gasteiger partial charge in [0.25, 0.3) is 0 Å². The van der Waals surface area contributed by atoms with Crippen molar-refractivity contribution in [3.05, 3.63) is 34.3 Å². The predicted molar refractivity (Wildman–Crippen MR) is 81.8 cm³/mol. The van der Waals surface area contributed by atoms with Gasteiger partial charge < -0.3 is 11.1 Å². The number of nitrogens with one attached hydrogen (secondary N) is 1. The first-order chi connectivity index (χ1) is 8.63. The van der Waals surface area contributed by atoms with Crippen molar-refractivity contribution in [1.82, 2.24) is 5.32 Å². The maximum atomic E-state index is 11.6. The molecule has 0 saturated heterocycles. The van der Waals surface area contributed by atoms with E-state index in [1.165, 1.54) is 5.56 Å². The van der Waals surface area contributed by atoms with Crippen molar-refractivity contribution in [2.75, 3.05) is 18.6 Å². The summed E-state index contributed by atoms with van der Waals surface area (Å²) in [5.74, 6) is 0.863. The molecule has 0 unspecified atom stereocenters. The van der Waals surface area contributed by atoms with Crippen molar-refractivity contribution in [2.45, 2.75) is 18.9 Å². The van der Waals surface area contributed by atoms with Crippen molar-refractivity contribution < 1.29 is 4.79 Å². The Bertz CT molecular complexity index is 370. The van der Waals surface area contributed by atoms with Crippen LogP contribution in [0.25, 0.3) is 0 Å². The molecule has 3 nitrogen and oxygen atoms in total. The molecule has 0 aromatic heterocycles. The summed E-state index contributed by atoms with van der Waals surface area (Å²) in [5.41, 5.74) is 6.98. The largest absolute Gasteiger partial charge is 0.354 e. The molecular weight excluding hydrogens is 312 g/mol. The van der Waals surface area contributed by atoms with Gasteiger partial charge in [-0.1, -0.05) is 28.1 Å². The molecule has 0 fully saturated rings. The highest BCUT2D eigenvalue weighted by Gasteiger charge is 2.11. The van der Waals surface area contributed by atoms with E-state index in [4.69, 9.17) is 5.73 Å². The maximum Gasteiger partial charge on any atom is 0.236 e. The Labute approximate surface area is 121 Å². The third kappa shape index (κ3) is 5.89. The zero-order valence-corrected chi connectivity index (χ0v) is 12.9. The molecule has 0 aliphatic carbocycles. The molecule has 0 aliphatic rings. The normalized spacial score (nSPS) is 12.2. The average molecular weight is 331 g/mol. The Morgan fingerprint density at radius 3 is 2.72 bits per heavy atom. The highest BCUT2D eigenvalue weighted by molar-refractivity contribution is 9.10. The number of nitrogens with two attached hydrogens (primary N) is 1. The zero-order chi connectivity index (χ0) is 13.4. The second-order valence-corrected chi connectivity index (χ2v) is 5.96. The third-order valence-electron chi connectivity index (χ3n) is 2.60. The van der Waals surface area contributed by atoms with Crippen LogP contribution < -0.4 is 11.1 Å². The lowest BCUT2D eigenvalue weighted by Crippen LogP contribution is -2.41. The molecule has 0 aliphatic heterocycles. The Kier molecular flexibility index (Phi) is 7.39. The molecule has 3 N–H and O–H groups in total. The number of hydrogen-bond acceptors (Lipinski definition) is 3. The van der Waals surface area contributed by atoms with Gasteiger partial charge >= 0.3 is 0 Å². The van der Waals surface area contributed by atoms with E-state index >= 15 is 0 Å². The van der Waals surface area contributed by atoms with Crippen molar-refractivity contribution in [2.24, 2.45) is 5.73 Å². The highest BCUT2D eigenvalue weighted by atomic mass is 79.9. The molecule has 1 amide bonds. The maximum absolute atomic E-state index is 11.6. The molecular formula is C13H19BrN2OS. The molecule has 0 bridgehead atoms. The monoisotopic (exact) mass is 330 g/mol. The van der Waals surface area contributed by atoms with Crippen LogP contribution in [0.5, 0.6) is 0 Å².